The number of rotatable bonds is 4. The Morgan fingerprint density at radius 2 is 1.74 bits per heavy atom. The van der Waals surface area contributed by atoms with E-state index in [2.05, 4.69) is 47.4 Å². The van der Waals surface area contributed by atoms with Crippen LogP contribution in [0.1, 0.15) is 51.4 Å². The lowest BCUT2D eigenvalue weighted by atomic mass is 9.99. The first-order valence-electron chi connectivity index (χ1n) is 10.3. The molecule has 4 aromatic rings. The third kappa shape index (κ3) is 3.93. The number of hydrogen-bond donors (Lipinski definition) is 1. The molecule has 0 saturated carbocycles. The summed E-state index contributed by atoms with van der Waals surface area (Å²) < 4.78 is 15.0. The number of carbonyl (C=O) groups is 1. The Kier molecular flexibility index (Phi) is 5.31. The molecule has 2 aromatic heterocycles. The van der Waals surface area contributed by atoms with Gasteiger partial charge in [-0.15, -0.1) is 0 Å². The number of hydrogen-bond acceptors (Lipinski definition) is 3. The Labute approximate surface area is 180 Å². The van der Waals surface area contributed by atoms with E-state index < -0.39 is 0 Å². The molecule has 0 aliphatic carbocycles. The van der Waals surface area contributed by atoms with E-state index in [9.17, 15) is 9.18 Å². The normalized spacial score (nSPS) is 12.2. The van der Waals surface area contributed by atoms with Crippen molar-refractivity contribution < 1.29 is 9.18 Å². The molecule has 0 spiro atoms. The summed E-state index contributed by atoms with van der Waals surface area (Å²) in [6.07, 6.45) is 0. The molecule has 6 heteroatoms. The van der Waals surface area contributed by atoms with Crippen molar-refractivity contribution in [3.8, 4) is 5.69 Å². The number of aryl methyl sites for hydroxylation is 4. The predicted octanol–water partition coefficient (Wildman–Crippen LogP) is 5.28. The molecule has 2 aromatic carbocycles. The summed E-state index contributed by atoms with van der Waals surface area (Å²) >= 11 is 0. The van der Waals surface area contributed by atoms with Gasteiger partial charge in [0, 0.05) is 5.69 Å². The molecule has 0 aliphatic heterocycles. The molecule has 1 amide bonds. The number of nitrogens with one attached hydrogen (secondary N) is 1. The van der Waals surface area contributed by atoms with Crippen LogP contribution in [0.2, 0.25) is 0 Å². The van der Waals surface area contributed by atoms with Crippen LogP contribution in [0.15, 0.2) is 48.5 Å². The molecular formula is C25H25FN4O. The molecule has 0 fully saturated rings. The minimum atomic E-state index is -0.318. The number of fused-ring (bicyclic) bond motifs is 1. The first kappa shape index (κ1) is 20.7. The van der Waals surface area contributed by atoms with Gasteiger partial charge in [-0.3, -0.25) is 4.79 Å². The fourth-order valence-corrected chi connectivity index (χ4v) is 4.02. The summed E-state index contributed by atoms with van der Waals surface area (Å²) in [6.45, 7) is 9.79. The maximum absolute atomic E-state index is 13.4. The second-order valence-corrected chi connectivity index (χ2v) is 8.04. The van der Waals surface area contributed by atoms with Crippen LogP contribution in [0.4, 0.5) is 4.39 Å². The van der Waals surface area contributed by atoms with Gasteiger partial charge in [-0.25, -0.2) is 14.1 Å². The largest absolute Gasteiger partial charge is 0.345 e. The van der Waals surface area contributed by atoms with Crippen LogP contribution in [-0.2, 0) is 0 Å². The van der Waals surface area contributed by atoms with Gasteiger partial charge in [0.25, 0.3) is 5.91 Å². The van der Waals surface area contributed by atoms with Crippen molar-refractivity contribution in [2.24, 2.45) is 0 Å². The minimum absolute atomic E-state index is 0.149. The monoisotopic (exact) mass is 416 g/mol. The fraction of sp³-hybridized carbons (Fsp3) is 0.240. The topological polar surface area (TPSA) is 59.8 Å². The van der Waals surface area contributed by atoms with Crippen LogP contribution in [0, 0.1) is 33.5 Å². The Hall–Kier alpha value is -3.54. The molecule has 5 nitrogen and oxygen atoms in total. The highest BCUT2D eigenvalue weighted by Gasteiger charge is 2.21. The Morgan fingerprint density at radius 3 is 2.42 bits per heavy atom. The number of pyridine rings is 1. The Bertz CT molecular complexity index is 1290. The molecule has 0 unspecified atom stereocenters. The zero-order valence-corrected chi connectivity index (χ0v) is 18.3. The molecule has 1 atom stereocenters. The van der Waals surface area contributed by atoms with Crippen LogP contribution in [0.25, 0.3) is 16.7 Å². The summed E-state index contributed by atoms with van der Waals surface area (Å²) in [6, 6.07) is 13.9. The maximum Gasteiger partial charge on any atom is 0.252 e. The molecule has 0 radical (unpaired) electrons. The van der Waals surface area contributed by atoms with Crippen molar-refractivity contribution in [1.82, 2.24) is 20.1 Å². The third-order valence-corrected chi connectivity index (χ3v) is 5.50. The molecule has 0 saturated heterocycles. The van der Waals surface area contributed by atoms with Crippen molar-refractivity contribution in [2.45, 2.75) is 40.7 Å². The number of amides is 1. The quantitative estimate of drug-likeness (QED) is 0.492. The number of halogens is 1. The first-order chi connectivity index (χ1) is 14.7. The lowest BCUT2D eigenvalue weighted by Gasteiger charge is -2.18. The fourth-order valence-electron chi connectivity index (χ4n) is 4.02. The predicted molar refractivity (Wildman–Crippen MR) is 120 cm³/mol. The van der Waals surface area contributed by atoms with E-state index in [1.165, 1.54) is 17.7 Å². The molecule has 31 heavy (non-hydrogen) atoms. The van der Waals surface area contributed by atoms with Crippen molar-refractivity contribution in [3.63, 3.8) is 0 Å². The van der Waals surface area contributed by atoms with Gasteiger partial charge in [-0.05, 0) is 76.1 Å². The van der Waals surface area contributed by atoms with Crippen LogP contribution >= 0.6 is 0 Å². The summed E-state index contributed by atoms with van der Waals surface area (Å²) in [4.78, 5) is 17.9. The van der Waals surface area contributed by atoms with Gasteiger partial charge in [0.1, 0.15) is 5.82 Å². The highest BCUT2D eigenvalue weighted by Crippen LogP contribution is 2.26. The summed E-state index contributed by atoms with van der Waals surface area (Å²) in [5.41, 5.74) is 6.61. The first-order valence-corrected chi connectivity index (χ1v) is 10.3. The van der Waals surface area contributed by atoms with E-state index in [0.29, 0.717) is 33.7 Å². The molecule has 1 N–H and O–H groups in total. The van der Waals surface area contributed by atoms with Crippen molar-refractivity contribution >= 4 is 16.9 Å². The maximum atomic E-state index is 13.4. The van der Waals surface area contributed by atoms with Gasteiger partial charge in [0.15, 0.2) is 5.65 Å². The lowest BCUT2D eigenvalue weighted by molar-refractivity contribution is 0.0941. The Morgan fingerprint density at radius 1 is 1.03 bits per heavy atom. The summed E-state index contributed by atoms with van der Waals surface area (Å²) in [5, 5.41) is 8.40. The average molecular weight is 417 g/mol. The van der Waals surface area contributed by atoms with Gasteiger partial charge >= 0.3 is 0 Å². The molecule has 4 rings (SSSR count). The lowest BCUT2D eigenvalue weighted by Crippen LogP contribution is -2.27. The zero-order valence-electron chi connectivity index (χ0n) is 18.3. The van der Waals surface area contributed by atoms with Crippen LogP contribution in [0.5, 0.6) is 0 Å². The van der Waals surface area contributed by atoms with Gasteiger partial charge in [-0.2, -0.15) is 5.10 Å². The average Bonchev–Trinajstić information content (AvgIpc) is 3.04. The van der Waals surface area contributed by atoms with Crippen molar-refractivity contribution in [2.75, 3.05) is 0 Å². The van der Waals surface area contributed by atoms with Gasteiger partial charge in [-0.1, -0.05) is 23.8 Å². The molecule has 158 valence electrons. The van der Waals surface area contributed by atoms with Gasteiger partial charge < -0.3 is 5.32 Å². The van der Waals surface area contributed by atoms with Gasteiger partial charge in [0.05, 0.1) is 28.4 Å². The Balaban J connectivity index is 1.75. The highest BCUT2D eigenvalue weighted by atomic mass is 19.1. The van der Waals surface area contributed by atoms with Crippen molar-refractivity contribution in [3.05, 3.63) is 88.0 Å². The smallest absolute Gasteiger partial charge is 0.252 e. The molecule has 0 bridgehead atoms. The van der Waals surface area contributed by atoms with Crippen LogP contribution in [-0.4, -0.2) is 20.7 Å². The SMILES string of the molecule is Cc1ccc([C@@H](C)NC(=O)c2cc(C)nc3c2c(C)nn3-c2ccc(F)cc2)c(C)c1. The standard InChI is InChI=1S/C25H25FN4O/c1-14-6-11-21(15(2)12-14)17(4)28-25(31)22-13-16(3)27-24-23(22)18(5)29-30(24)20-9-7-19(26)8-10-20/h6-13,17H,1-5H3,(H,28,31)/t17-/m1/s1. The van der Waals surface area contributed by atoms with Crippen molar-refractivity contribution in [1.29, 1.82) is 0 Å². The zero-order chi connectivity index (χ0) is 22.3. The van der Waals surface area contributed by atoms with E-state index in [1.54, 1.807) is 22.9 Å². The second kappa shape index (κ2) is 7.95. The summed E-state index contributed by atoms with van der Waals surface area (Å²) in [5.74, 6) is -0.494. The van der Waals surface area contributed by atoms with Crippen LogP contribution in [0.3, 0.4) is 0 Å². The van der Waals surface area contributed by atoms with E-state index >= 15 is 0 Å². The molecule has 2 heterocycles. The summed E-state index contributed by atoms with van der Waals surface area (Å²) in [7, 11) is 0. The molecular weight excluding hydrogens is 391 g/mol. The number of carbonyl (C=O) groups excluding carboxylic acids is 1. The van der Waals surface area contributed by atoms with E-state index in [-0.39, 0.29) is 17.8 Å². The number of nitrogens with zero attached hydrogens (tertiary/aromatic N) is 3. The van der Waals surface area contributed by atoms with E-state index in [0.717, 1.165) is 11.1 Å². The number of aromatic nitrogens is 3. The van der Waals surface area contributed by atoms with Gasteiger partial charge in [0.2, 0.25) is 0 Å². The molecule has 0 aliphatic rings. The second-order valence-electron chi connectivity index (χ2n) is 8.04. The van der Waals surface area contributed by atoms with E-state index in [1.807, 2.05) is 20.8 Å². The third-order valence-electron chi connectivity index (χ3n) is 5.50. The van der Waals surface area contributed by atoms with Crippen LogP contribution < -0.4 is 5.32 Å². The number of benzene rings is 2. The van der Waals surface area contributed by atoms with E-state index in [4.69, 9.17) is 0 Å². The highest BCUT2D eigenvalue weighted by molar-refractivity contribution is 6.07. The minimum Gasteiger partial charge on any atom is -0.345 e.